The Morgan fingerprint density at radius 3 is 2.27 bits per heavy atom. The van der Waals surface area contributed by atoms with Crippen LogP contribution in [0.15, 0.2) is 18.2 Å². The van der Waals surface area contributed by atoms with E-state index in [1.165, 1.54) is 0 Å². The number of hydrogen-bond donors (Lipinski definition) is 1. The second kappa shape index (κ2) is 5.87. The number of benzene rings is 1. The van der Waals surface area contributed by atoms with E-state index >= 15 is 0 Å². The standard InChI is InChI=1S/C10H13NO4/c1-13-9-3-8(6-11-15-7-12)4-10(5-9)14-2/h3-5,7,11H,6H2,1-2H3. The predicted octanol–water partition coefficient (Wildman–Crippen LogP) is 0.881. The van der Waals surface area contributed by atoms with Gasteiger partial charge in [0.25, 0.3) is 0 Å². The van der Waals surface area contributed by atoms with Crippen LogP contribution >= 0.6 is 0 Å². The van der Waals surface area contributed by atoms with Crippen LogP contribution < -0.4 is 15.0 Å². The van der Waals surface area contributed by atoms with Gasteiger partial charge in [-0.15, -0.1) is 5.48 Å². The third kappa shape index (κ3) is 3.47. The largest absolute Gasteiger partial charge is 0.497 e. The number of ether oxygens (including phenoxy) is 2. The van der Waals surface area contributed by atoms with Crippen molar-refractivity contribution in [2.75, 3.05) is 14.2 Å². The topological polar surface area (TPSA) is 56.8 Å². The quantitative estimate of drug-likeness (QED) is 0.430. The highest BCUT2D eigenvalue weighted by Gasteiger charge is 2.01. The van der Waals surface area contributed by atoms with Crippen LogP contribution in [0, 0.1) is 0 Å². The van der Waals surface area contributed by atoms with Crippen LogP contribution in [0.4, 0.5) is 0 Å². The minimum absolute atomic E-state index is 0.331. The first kappa shape index (κ1) is 11.3. The van der Waals surface area contributed by atoms with Gasteiger partial charge in [0.2, 0.25) is 0 Å². The number of nitrogens with one attached hydrogen (secondary N) is 1. The molecular weight excluding hydrogens is 198 g/mol. The summed E-state index contributed by atoms with van der Waals surface area (Å²) in [7, 11) is 3.15. The zero-order chi connectivity index (χ0) is 11.1. The molecular formula is C10H13NO4. The van der Waals surface area contributed by atoms with Gasteiger partial charge in [-0.1, -0.05) is 0 Å². The number of hydrogen-bond acceptors (Lipinski definition) is 5. The highest BCUT2D eigenvalue weighted by atomic mass is 16.7. The monoisotopic (exact) mass is 211 g/mol. The van der Waals surface area contributed by atoms with Crippen LogP contribution in [0.2, 0.25) is 0 Å². The molecule has 0 fully saturated rings. The van der Waals surface area contributed by atoms with Crippen molar-refractivity contribution in [1.29, 1.82) is 0 Å². The van der Waals surface area contributed by atoms with Gasteiger partial charge in [-0.3, -0.25) is 4.79 Å². The normalized spacial score (nSPS) is 9.47. The van der Waals surface area contributed by atoms with E-state index < -0.39 is 0 Å². The Balaban J connectivity index is 2.72. The van der Waals surface area contributed by atoms with E-state index in [0.717, 1.165) is 5.56 Å². The lowest BCUT2D eigenvalue weighted by Crippen LogP contribution is -2.12. The summed E-state index contributed by atoms with van der Waals surface area (Å²) in [4.78, 5) is 14.3. The Bertz CT molecular complexity index is 305. The Morgan fingerprint density at radius 2 is 1.80 bits per heavy atom. The molecule has 1 N–H and O–H groups in total. The van der Waals surface area contributed by atoms with E-state index in [1.54, 1.807) is 20.3 Å². The molecule has 0 bridgehead atoms. The molecule has 0 aliphatic carbocycles. The molecule has 0 heterocycles. The van der Waals surface area contributed by atoms with Gasteiger partial charge >= 0.3 is 6.47 Å². The fourth-order valence-corrected chi connectivity index (χ4v) is 1.13. The summed E-state index contributed by atoms with van der Waals surface area (Å²) >= 11 is 0. The molecule has 0 radical (unpaired) electrons. The van der Waals surface area contributed by atoms with Crippen molar-refractivity contribution in [3.05, 3.63) is 23.8 Å². The van der Waals surface area contributed by atoms with E-state index in [-0.39, 0.29) is 0 Å². The lowest BCUT2D eigenvalue weighted by Gasteiger charge is -2.08. The number of hydroxylamine groups is 1. The first-order chi connectivity index (χ1) is 7.30. The maximum Gasteiger partial charge on any atom is 0.312 e. The number of carbonyl (C=O) groups is 1. The van der Waals surface area contributed by atoms with Crippen LogP contribution in [0.3, 0.4) is 0 Å². The fraction of sp³-hybridized carbons (Fsp3) is 0.300. The zero-order valence-electron chi connectivity index (χ0n) is 8.65. The zero-order valence-corrected chi connectivity index (χ0v) is 8.65. The van der Waals surface area contributed by atoms with Crippen LogP contribution in [-0.4, -0.2) is 20.7 Å². The molecule has 0 unspecified atom stereocenters. The Hall–Kier alpha value is -1.75. The van der Waals surface area contributed by atoms with Crippen molar-refractivity contribution in [1.82, 2.24) is 5.48 Å². The summed E-state index contributed by atoms with van der Waals surface area (Å²) in [5.74, 6) is 1.38. The molecule has 0 spiro atoms. The number of rotatable bonds is 6. The molecule has 5 nitrogen and oxygen atoms in total. The molecule has 0 saturated carbocycles. The van der Waals surface area contributed by atoms with Crippen LogP contribution in [0.25, 0.3) is 0 Å². The summed E-state index contributed by atoms with van der Waals surface area (Å²) in [6, 6.07) is 5.41. The van der Waals surface area contributed by atoms with E-state index in [4.69, 9.17) is 9.47 Å². The SMILES string of the molecule is COc1cc(CNOC=O)cc(OC)c1. The molecule has 1 aromatic carbocycles. The fourth-order valence-electron chi connectivity index (χ4n) is 1.13. The summed E-state index contributed by atoms with van der Waals surface area (Å²) in [6.45, 7) is 0.726. The lowest BCUT2D eigenvalue weighted by molar-refractivity contribution is -0.135. The van der Waals surface area contributed by atoms with Crippen molar-refractivity contribution in [2.24, 2.45) is 0 Å². The average molecular weight is 211 g/mol. The summed E-state index contributed by atoms with van der Waals surface area (Å²) in [5.41, 5.74) is 3.37. The van der Waals surface area contributed by atoms with E-state index in [9.17, 15) is 4.79 Å². The average Bonchev–Trinajstić information content (AvgIpc) is 2.29. The van der Waals surface area contributed by atoms with Gasteiger partial charge in [0, 0.05) is 6.07 Å². The van der Waals surface area contributed by atoms with Gasteiger partial charge in [0.1, 0.15) is 11.5 Å². The first-order valence-electron chi connectivity index (χ1n) is 4.34. The summed E-state index contributed by atoms with van der Waals surface area (Å²) in [6.07, 6.45) is 0. The van der Waals surface area contributed by atoms with Crippen LogP contribution in [-0.2, 0) is 16.2 Å². The van der Waals surface area contributed by atoms with Gasteiger partial charge < -0.3 is 14.3 Å². The number of carbonyl (C=O) groups excluding carboxylic acids is 1. The molecule has 0 aromatic heterocycles. The van der Waals surface area contributed by atoms with Crippen molar-refractivity contribution in [3.63, 3.8) is 0 Å². The predicted molar refractivity (Wildman–Crippen MR) is 53.5 cm³/mol. The maximum absolute atomic E-state index is 9.91. The van der Waals surface area contributed by atoms with Crippen molar-refractivity contribution >= 4 is 6.47 Å². The molecule has 0 aliphatic heterocycles. The molecule has 5 heteroatoms. The summed E-state index contributed by atoms with van der Waals surface area (Å²) < 4.78 is 10.2. The summed E-state index contributed by atoms with van der Waals surface area (Å²) in [5, 5.41) is 0. The molecule has 82 valence electrons. The van der Waals surface area contributed by atoms with Crippen molar-refractivity contribution < 1.29 is 19.1 Å². The second-order valence-corrected chi connectivity index (χ2v) is 2.76. The Morgan fingerprint density at radius 1 is 1.20 bits per heavy atom. The highest BCUT2D eigenvalue weighted by molar-refractivity contribution is 5.39. The molecule has 1 aromatic rings. The van der Waals surface area contributed by atoms with Crippen molar-refractivity contribution in [3.8, 4) is 11.5 Å². The van der Waals surface area contributed by atoms with E-state index in [1.807, 2.05) is 12.1 Å². The number of methoxy groups -OCH3 is 2. The van der Waals surface area contributed by atoms with Crippen molar-refractivity contribution in [2.45, 2.75) is 6.54 Å². The highest BCUT2D eigenvalue weighted by Crippen LogP contribution is 2.22. The van der Waals surface area contributed by atoms with Gasteiger partial charge in [0.05, 0.1) is 20.8 Å². The molecule has 0 saturated heterocycles. The second-order valence-electron chi connectivity index (χ2n) is 2.76. The Kier molecular flexibility index (Phi) is 4.43. The first-order valence-corrected chi connectivity index (χ1v) is 4.34. The van der Waals surface area contributed by atoms with Gasteiger partial charge in [0.15, 0.2) is 0 Å². The third-order valence-corrected chi connectivity index (χ3v) is 1.82. The maximum atomic E-state index is 9.91. The van der Waals surface area contributed by atoms with Gasteiger partial charge in [-0.05, 0) is 17.7 Å². The molecule has 15 heavy (non-hydrogen) atoms. The van der Waals surface area contributed by atoms with Crippen LogP contribution in [0.5, 0.6) is 11.5 Å². The Labute approximate surface area is 87.9 Å². The smallest absolute Gasteiger partial charge is 0.312 e. The van der Waals surface area contributed by atoms with Crippen LogP contribution in [0.1, 0.15) is 5.56 Å². The molecule has 0 aliphatic rings. The third-order valence-electron chi connectivity index (χ3n) is 1.82. The lowest BCUT2D eigenvalue weighted by atomic mass is 10.2. The van der Waals surface area contributed by atoms with Gasteiger partial charge in [-0.25, -0.2) is 0 Å². The minimum atomic E-state index is 0.331. The molecule has 0 atom stereocenters. The van der Waals surface area contributed by atoms with E-state index in [2.05, 4.69) is 10.3 Å². The van der Waals surface area contributed by atoms with E-state index in [0.29, 0.717) is 24.5 Å². The molecule has 0 amide bonds. The minimum Gasteiger partial charge on any atom is -0.497 e. The van der Waals surface area contributed by atoms with Gasteiger partial charge in [-0.2, -0.15) is 0 Å². The molecule has 1 rings (SSSR count).